The van der Waals surface area contributed by atoms with Gasteiger partial charge in [-0.2, -0.15) is 0 Å². The van der Waals surface area contributed by atoms with E-state index in [0.717, 1.165) is 23.7 Å². The van der Waals surface area contributed by atoms with Gasteiger partial charge >= 0.3 is 0 Å². The van der Waals surface area contributed by atoms with Crippen LogP contribution in [0.15, 0.2) is 24.3 Å². The van der Waals surface area contributed by atoms with Crippen LogP contribution in [-0.4, -0.2) is 49.1 Å². The Balaban J connectivity index is 1.47. The van der Waals surface area contributed by atoms with Crippen LogP contribution in [0.1, 0.15) is 116 Å². The van der Waals surface area contributed by atoms with E-state index in [4.69, 9.17) is 0 Å². The number of allylic oxidation sites excluding steroid dienone is 4. The zero-order chi connectivity index (χ0) is 23.3. The molecule has 5 rings (SSSR count). The van der Waals surface area contributed by atoms with E-state index in [-0.39, 0.29) is 0 Å². The zero-order valence-electron chi connectivity index (χ0n) is 22.5. The van der Waals surface area contributed by atoms with E-state index >= 15 is 0 Å². The molecule has 2 saturated heterocycles. The second kappa shape index (κ2) is 15.5. The second-order valence-electron chi connectivity index (χ2n) is 12.3. The molecule has 5 aliphatic rings. The highest BCUT2D eigenvalue weighted by atomic mass is 15.1. The van der Waals surface area contributed by atoms with Crippen molar-refractivity contribution in [2.45, 2.75) is 116 Å². The van der Waals surface area contributed by atoms with Gasteiger partial charge in [0.05, 0.1) is 0 Å². The van der Waals surface area contributed by atoms with Gasteiger partial charge in [0.1, 0.15) is 0 Å². The number of rotatable bonds is 0. The molecule has 6 bridgehead atoms. The first-order valence-electron chi connectivity index (χ1n) is 15.6. The molecule has 0 aromatic rings. The van der Waals surface area contributed by atoms with E-state index in [1.54, 1.807) is 0 Å². The van der Waals surface area contributed by atoms with E-state index in [0.29, 0.717) is 0 Å². The molecule has 2 heteroatoms. The van der Waals surface area contributed by atoms with E-state index in [1.807, 2.05) is 0 Å². The quantitative estimate of drug-likeness (QED) is 0.330. The lowest BCUT2D eigenvalue weighted by atomic mass is 9.69. The Kier molecular flexibility index (Phi) is 12.1. The van der Waals surface area contributed by atoms with Crippen molar-refractivity contribution in [3.05, 3.63) is 24.3 Å². The van der Waals surface area contributed by atoms with Crippen molar-refractivity contribution in [3.63, 3.8) is 0 Å². The summed E-state index contributed by atoms with van der Waals surface area (Å²) in [5.74, 6) is 3.89. The lowest BCUT2D eigenvalue weighted by molar-refractivity contribution is 0.0185. The topological polar surface area (TPSA) is 6.48 Å². The van der Waals surface area contributed by atoms with Crippen LogP contribution < -0.4 is 0 Å². The van der Waals surface area contributed by atoms with Crippen LogP contribution in [0.4, 0.5) is 0 Å². The Morgan fingerprint density at radius 2 is 1.03 bits per heavy atom. The summed E-state index contributed by atoms with van der Waals surface area (Å²) in [7, 11) is 0. The van der Waals surface area contributed by atoms with Crippen molar-refractivity contribution in [2.75, 3.05) is 39.3 Å². The van der Waals surface area contributed by atoms with Gasteiger partial charge in [-0.15, -0.1) is 0 Å². The van der Waals surface area contributed by atoms with Gasteiger partial charge < -0.3 is 9.80 Å². The van der Waals surface area contributed by atoms with Crippen LogP contribution in [-0.2, 0) is 0 Å². The third-order valence-electron chi connectivity index (χ3n) is 9.58. The first-order chi connectivity index (χ1) is 16.9. The van der Waals surface area contributed by atoms with Crippen molar-refractivity contribution in [3.8, 4) is 0 Å². The molecule has 0 amide bonds. The molecule has 0 radical (unpaired) electrons. The van der Waals surface area contributed by atoms with Crippen LogP contribution in [0, 0.1) is 23.7 Å². The number of hydrogen-bond acceptors (Lipinski definition) is 2. The summed E-state index contributed by atoms with van der Waals surface area (Å²) in [4.78, 5) is 5.80. The molecule has 0 N–H and O–H groups in total. The maximum Gasteiger partial charge on any atom is 0.00127 e. The van der Waals surface area contributed by atoms with E-state index in [2.05, 4.69) is 34.1 Å². The van der Waals surface area contributed by atoms with Crippen LogP contribution >= 0.6 is 0 Å². The first-order valence-corrected chi connectivity index (χ1v) is 15.6. The molecule has 5 aliphatic heterocycles. The molecule has 2 nitrogen and oxygen atoms in total. The molecular weight excluding hydrogens is 412 g/mol. The highest BCUT2D eigenvalue weighted by Crippen LogP contribution is 2.40. The number of hydrogen-bond donors (Lipinski definition) is 0. The maximum atomic E-state index is 2.93. The van der Waals surface area contributed by atoms with Gasteiger partial charge in [0.25, 0.3) is 0 Å². The van der Waals surface area contributed by atoms with Gasteiger partial charge in [-0.3, -0.25) is 0 Å². The third kappa shape index (κ3) is 9.12. The molecule has 2 fully saturated rings. The monoisotopic (exact) mass is 468 g/mol. The van der Waals surface area contributed by atoms with Gasteiger partial charge in [-0.1, -0.05) is 50.0 Å². The Bertz CT molecular complexity index is 582. The van der Waals surface area contributed by atoms with E-state index < -0.39 is 0 Å². The first kappa shape index (κ1) is 26.5. The maximum absolute atomic E-state index is 2.93. The third-order valence-corrected chi connectivity index (χ3v) is 9.58. The second-order valence-corrected chi connectivity index (χ2v) is 12.3. The van der Waals surface area contributed by atoms with Crippen molar-refractivity contribution in [1.29, 1.82) is 0 Å². The zero-order valence-corrected chi connectivity index (χ0v) is 22.5. The van der Waals surface area contributed by atoms with Crippen molar-refractivity contribution < 1.29 is 0 Å². The van der Waals surface area contributed by atoms with E-state index in [1.165, 1.54) is 155 Å². The SMILES string of the molecule is C1=C\CCCCN2CC3CCCC/C=C\CCCCN4CCC(C(CCCCCC/1)C4)C(C3)C2. The predicted molar refractivity (Wildman–Crippen MR) is 148 cm³/mol. The minimum absolute atomic E-state index is 0.957. The van der Waals surface area contributed by atoms with Crippen LogP contribution in [0.25, 0.3) is 0 Å². The molecule has 0 aromatic heterocycles. The Morgan fingerprint density at radius 3 is 1.79 bits per heavy atom. The minimum atomic E-state index is 0.957. The molecule has 6 atom stereocenters. The van der Waals surface area contributed by atoms with Crippen molar-refractivity contribution in [2.24, 2.45) is 23.7 Å². The smallest absolute Gasteiger partial charge is 0.00127 e. The summed E-state index contributed by atoms with van der Waals surface area (Å²) in [6.45, 7) is 8.30. The number of nitrogens with zero attached hydrogens (tertiary/aromatic N) is 2. The summed E-state index contributed by atoms with van der Waals surface area (Å²) in [5.41, 5.74) is 0. The number of piperidine rings is 2. The normalized spacial score (nSPS) is 39.8. The molecule has 0 saturated carbocycles. The van der Waals surface area contributed by atoms with Crippen molar-refractivity contribution in [1.82, 2.24) is 9.80 Å². The standard InChI is InChI=1S/C32H56N2/c1-2-5-10-14-18-23-34-26-29-19-15-11-7-4-6-9-13-17-22-33-24-21-32(31(25-29)28-34)30(27-33)20-16-12-8-3-1/h2,4-6,29-32H,1,3,7-28H2/b5-2-,6-4-. The van der Waals surface area contributed by atoms with Crippen molar-refractivity contribution >= 4 is 0 Å². The van der Waals surface area contributed by atoms with Gasteiger partial charge in [0, 0.05) is 19.6 Å². The van der Waals surface area contributed by atoms with Gasteiger partial charge in [-0.25, -0.2) is 0 Å². The van der Waals surface area contributed by atoms with Gasteiger partial charge in [-0.05, 0) is 133 Å². The molecule has 5 heterocycles. The molecule has 6 unspecified atom stereocenters. The molecular formula is C32H56N2. The summed E-state index contributed by atoms with van der Waals surface area (Å²) >= 11 is 0. The van der Waals surface area contributed by atoms with Gasteiger partial charge in [0.2, 0.25) is 0 Å². The molecule has 0 spiro atoms. The Hall–Kier alpha value is -0.600. The molecule has 34 heavy (non-hydrogen) atoms. The molecule has 194 valence electrons. The summed E-state index contributed by atoms with van der Waals surface area (Å²) < 4.78 is 0. The van der Waals surface area contributed by atoms with Crippen LogP contribution in [0.5, 0.6) is 0 Å². The van der Waals surface area contributed by atoms with Crippen LogP contribution in [0.3, 0.4) is 0 Å². The fourth-order valence-electron chi connectivity index (χ4n) is 7.69. The lowest BCUT2D eigenvalue weighted by Crippen LogP contribution is -2.49. The highest BCUT2D eigenvalue weighted by Gasteiger charge is 2.38. The summed E-state index contributed by atoms with van der Waals surface area (Å²) in [6, 6.07) is 0. The van der Waals surface area contributed by atoms with Crippen LogP contribution in [0.2, 0.25) is 0 Å². The minimum Gasteiger partial charge on any atom is -0.303 e. The average molecular weight is 469 g/mol. The fraction of sp³-hybridized carbons (Fsp3) is 0.875. The van der Waals surface area contributed by atoms with E-state index in [9.17, 15) is 0 Å². The fourth-order valence-corrected chi connectivity index (χ4v) is 7.69. The highest BCUT2D eigenvalue weighted by molar-refractivity contribution is 4.91. The summed E-state index contributed by atoms with van der Waals surface area (Å²) in [5, 5.41) is 0. The largest absolute Gasteiger partial charge is 0.303 e. The molecule has 0 aliphatic carbocycles. The lowest BCUT2D eigenvalue weighted by Gasteiger charge is -2.47. The summed E-state index contributed by atoms with van der Waals surface area (Å²) in [6.07, 6.45) is 35.4. The Labute approximate surface area is 212 Å². The molecule has 0 aromatic carbocycles. The van der Waals surface area contributed by atoms with Gasteiger partial charge in [0.15, 0.2) is 0 Å². The Morgan fingerprint density at radius 1 is 0.441 bits per heavy atom. The average Bonchev–Trinajstić information content (AvgIpc) is 2.85. The number of fused-ring (bicyclic) bond motifs is 10. The predicted octanol–water partition coefficient (Wildman–Crippen LogP) is 8.24.